The lowest BCUT2D eigenvalue weighted by atomic mass is 9.94. The van der Waals surface area contributed by atoms with Gasteiger partial charge in [0.05, 0.1) is 28.2 Å². The summed E-state index contributed by atoms with van der Waals surface area (Å²) in [5, 5.41) is 23.1. The van der Waals surface area contributed by atoms with Crippen molar-refractivity contribution in [2.75, 3.05) is 11.9 Å². The first-order valence-corrected chi connectivity index (χ1v) is 6.04. The summed E-state index contributed by atoms with van der Waals surface area (Å²) in [6.45, 7) is 4.52. The van der Waals surface area contributed by atoms with Crippen LogP contribution in [0.2, 0.25) is 0 Å². The minimum Gasteiger partial charge on any atom is -0.376 e. The van der Waals surface area contributed by atoms with E-state index in [1.54, 1.807) is 0 Å². The van der Waals surface area contributed by atoms with Crippen LogP contribution in [0.25, 0.3) is 0 Å². The van der Waals surface area contributed by atoms with Gasteiger partial charge >= 0.3 is 0 Å². The highest BCUT2D eigenvalue weighted by molar-refractivity contribution is 5.65. The highest BCUT2D eigenvalue weighted by atomic mass is 16.6. The average molecular weight is 261 g/mol. The molecule has 0 bridgehead atoms. The lowest BCUT2D eigenvalue weighted by Gasteiger charge is -2.29. The standard InChI is InChI=1S/C13H15N3O3/c1-9-13(2,5-6-19-9)15-11-7-10(8-14)3-4-12(11)16(17)18/h3-4,7,9,15H,5-6H2,1-2H3. The van der Waals surface area contributed by atoms with Crippen LogP contribution in [0.4, 0.5) is 11.4 Å². The summed E-state index contributed by atoms with van der Waals surface area (Å²) in [4.78, 5) is 10.6. The molecule has 19 heavy (non-hydrogen) atoms. The van der Waals surface area contributed by atoms with Crippen LogP contribution < -0.4 is 5.32 Å². The maximum absolute atomic E-state index is 11.0. The van der Waals surface area contributed by atoms with E-state index in [-0.39, 0.29) is 17.3 Å². The first kappa shape index (κ1) is 13.3. The zero-order chi connectivity index (χ0) is 14.0. The molecule has 0 aliphatic carbocycles. The molecule has 0 radical (unpaired) electrons. The van der Waals surface area contributed by atoms with Crippen molar-refractivity contribution in [2.45, 2.75) is 31.9 Å². The van der Waals surface area contributed by atoms with E-state index in [1.165, 1.54) is 18.2 Å². The van der Waals surface area contributed by atoms with Crippen LogP contribution in [0.15, 0.2) is 18.2 Å². The largest absolute Gasteiger partial charge is 0.376 e. The number of nitrogens with one attached hydrogen (secondary N) is 1. The van der Waals surface area contributed by atoms with Crippen molar-refractivity contribution in [1.82, 2.24) is 0 Å². The lowest BCUT2D eigenvalue weighted by molar-refractivity contribution is -0.384. The third-order valence-corrected chi connectivity index (χ3v) is 3.63. The summed E-state index contributed by atoms with van der Waals surface area (Å²) in [5.41, 5.74) is 0.366. The van der Waals surface area contributed by atoms with Gasteiger partial charge in [0.2, 0.25) is 0 Å². The van der Waals surface area contributed by atoms with E-state index in [4.69, 9.17) is 10.00 Å². The number of nitro groups is 1. The number of rotatable bonds is 3. The molecule has 2 atom stereocenters. The number of nitriles is 1. The second-order valence-corrected chi connectivity index (χ2v) is 4.91. The molecule has 0 spiro atoms. The maximum atomic E-state index is 11.0. The molecule has 0 saturated carbocycles. The maximum Gasteiger partial charge on any atom is 0.292 e. The molecule has 1 fully saturated rings. The van der Waals surface area contributed by atoms with Crippen molar-refractivity contribution in [3.8, 4) is 6.07 Å². The molecule has 0 amide bonds. The van der Waals surface area contributed by atoms with Gasteiger partial charge in [-0.1, -0.05) is 0 Å². The number of ether oxygens (including phenoxy) is 1. The molecule has 100 valence electrons. The van der Waals surface area contributed by atoms with Crippen molar-refractivity contribution >= 4 is 11.4 Å². The normalized spacial score (nSPS) is 25.8. The number of anilines is 1. The van der Waals surface area contributed by atoms with Gasteiger partial charge in [0.1, 0.15) is 5.69 Å². The molecule has 1 aromatic rings. The zero-order valence-electron chi connectivity index (χ0n) is 10.8. The molecule has 0 aromatic heterocycles. The second kappa shape index (κ2) is 4.86. The Kier molecular flexibility index (Phi) is 3.40. The van der Waals surface area contributed by atoms with Crippen molar-refractivity contribution < 1.29 is 9.66 Å². The van der Waals surface area contributed by atoms with Crippen molar-refractivity contribution in [2.24, 2.45) is 0 Å². The van der Waals surface area contributed by atoms with Gasteiger partial charge in [0.15, 0.2) is 0 Å². The van der Waals surface area contributed by atoms with Crippen LogP contribution in [0.1, 0.15) is 25.8 Å². The quantitative estimate of drug-likeness (QED) is 0.666. The van der Waals surface area contributed by atoms with E-state index in [0.717, 1.165) is 6.42 Å². The molecule has 1 N–H and O–H groups in total. The minimum absolute atomic E-state index is 0.0284. The van der Waals surface area contributed by atoms with Crippen LogP contribution in [0.5, 0.6) is 0 Å². The van der Waals surface area contributed by atoms with E-state index in [0.29, 0.717) is 17.9 Å². The zero-order valence-corrected chi connectivity index (χ0v) is 10.8. The number of nitrogens with zero attached hydrogens (tertiary/aromatic N) is 2. The fourth-order valence-electron chi connectivity index (χ4n) is 2.17. The minimum atomic E-state index is -0.451. The van der Waals surface area contributed by atoms with Gasteiger partial charge < -0.3 is 10.1 Å². The number of nitro benzene ring substituents is 1. The summed E-state index contributed by atoms with van der Waals surface area (Å²) in [6, 6.07) is 6.29. The average Bonchev–Trinajstić information content (AvgIpc) is 2.68. The summed E-state index contributed by atoms with van der Waals surface area (Å²) in [5.74, 6) is 0. The first-order valence-electron chi connectivity index (χ1n) is 6.04. The van der Waals surface area contributed by atoms with E-state index >= 15 is 0 Å². The predicted molar refractivity (Wildman–Crippen MR) is 69.9 cm³/mol. The monoisotopic (exact) mass is 261 g/mol. The van der Waals surface area contributed by atoms with Crippen LogP contribution in [-0.4, -0.2) is 23.2 Å². The van der Waals surface area contributed by atoms with Crippen LogP contribution >= 0.6 is 0 Å². The SMILES string of the molecule is CC1OCCC1(C)Nc1cc(C#N)ccc1[N+](=O)[O-]. The summed E-state index contributed by atoms with van der Waals surface area (Å²) < 4.78 is 5.50. The van der Waals surface area contributed by atoms with Gasteiger partial charge in [-0.05, 0) is 32.4 Å². The van der Waals surface area contributed by atoms with Crippen molar-refractivity contribution in [3.63, 3.8) is 0 Å². The van der Waals surface area contributed by atoms with E-state index in [9.17, 15) is 10.1 Å². The Labute approximate surface area is 111 Å². The summed E-state index contributed by atoms with van der Waals surface area (Å²) in [6.07, 6.45) is 0.722. The van der Waals surface area contributed by atoms with Crippen molar-refractivity contribution in [1.29, 1.82) is 5.26 Å². The molecule has 6 heteroatoms. The lowest BCUT2D eigenvalue weighted by Crippen LogP contribution is -2.41. The molecule has 2 unspecified atom stereocenters. The fraction of sp³-hybridized carbons (Fsp3) is 0.462. The first-order chi connectivity index (χ1) is 8.96. The van der Waals surface area contributed by atoms with Crippen molar-refractivity contribution in [3.05, 3.63) is 33.9 Å². The highest BCUT2D eigenvalue weighted by Crippen LogP contribution is 2.34. The Morgan fingerprint density at radius 3 is 2.89 bits per heavy atom. The van der Waals surface area contributed by atoms with Gasteiger partial charge in [-0.3, -0.25) is 10.1 Å². The second-order valence-electron chi connectivity index (χ2n) is 4.91. The topological polar surface area (TPSA) is 88.2 Å². The molecular formula is C13H15N3O3. The molecule has 1 saturated heterocycles. The molecule has 6 nitrogen and oxygen atoms in total. The number of hydrogen-bond acceptors (Lipinski definition) is 5. The van der Waals surface area contributed by atoms with E-state index in [1.807, 2.05) is 19.9 Å². The van der Waals surface area contributed by atoms with Crippen LogP contribution in [0.3, 0.4) is 0 Å². The van der Waals surface area contributed by atoms with Gasteiger partial charge in [-0.25, -0.2) is 0 Å². The summed E-state index contributed by atoms with van der Waals surface area (Å²) >= 11 is 0. The predicted octanol–water partition coefficient (Wildman–Crippen LogP) is 2.45. The molecule has 2 rings (SSSR count). The van der Waals surface area contributed by atoms with E-state index < -0.39 is 4.92 Å². The molecule has 1 aliphatic rings. The Bertz CT molecular complexity index is 553. The van der Waals surface area contributed by atoms with Gasteiger partial charge in [0.25, 0.3) is 5.69 Å². The Morgan fingerprint density at radius 1 is 1.63 bits per heavy atom. The van der Waals surface area contributed by atoms with Crippen LogP contribution in [-0.2, 0) is 4.74 Å². The molecule has 1 aliphatic heterocycles. The van der Waals surface area contributed by atoms with Gasteiger partial charge in [-0.2, -0.15) is 5.26 Å². The van der Waals surface area contributed by atoms with Gasteiger partial charge in [0, 0.05) is 12.7 Å². The number of hydrogen-bond donors (Lipinski definition) is 1. The Balaban J connectivity index is 2.38. The Morgan fingerprint density at radius 2 is 2.37 bits per heavy atom. The van der Waals surface area contributed by atoms with Crippen LogP contribution in [0, 0.1) is 21.4 Å². The molecule has 1 heterocycles. The molecular weight excluding hydrogens is 246 g/mol. The third kappa shape index (κ3) is 2.51. The molecule has 1 aromatic carbocycles. The smallest absolute Gasteiger partial charge is 0.292 e. The third-order valence-electron chi connectivity index (χ3n) is 3.63. The highest BCUT2D eigenvalue weighted by Gasteiger charge is 2.38. The van der Waals surface area contributed by atoms with Gasteiger partial charge in [-0.15, -0.1) is 0 Å². The fourth-order valence-corrected chi connectivity index (χ4v) is 2.17. The number of benzene rings is 1. The summed E-state index contributed by atoms with van der Waals surface area (Å²) in [7, 11) is 0. The van der Waals surface area contributed by atoms with E-state index in [2.05, 4.69) is 5.32 Å². The Hall–Kier alpha value is -2.13.